The first-order valence-corrected chi connectivity index (χ1v) is 5.52. The predicted octanol–water partition coefficient (Wildman–Crippen LogP) is 0.752. The Morgan fingerprint density at radius 2 is 1.80 bits per heavy atom. The van der Waals surface area contributed by atoms with Gasteiger partial charge >= 0.3 is 0 Å². The third-order valence-electron chi connectivity index (χ3n) is 1.80. The van der Waals surface area contributed by atoms with Crippen LogP contribution in [0.1, 0.15) is 5.56 Å². The molecular formula is C8H9NO5S. The standard InChI is InChI=1S/C8H9NO5S/c10-9(11)6-5-7-1-3-8(4-2-7)15(12,13)14/h1-4H,5-6H2,(H,12,13,14). The highest BCUT2D eigenvalue weighted by Crippen LogP contribution is 2.10. The summed E-state index contributed by atoms with van der Waals surface area (Å²) < 4.78 is 30.0. The molecule has 0 aliphatic carbocycles. The molecule has 7 heteroatoms. The van der Waals surface area contributed by atoms with Gasteiger partial charge in [-0.05, 0) is 17.7 Å². The van der Waals surface area contributed by atoms with Gasteiger partial charge in [-0.2, -0.15) is 8.42 Å². The smallest absolute Gasteiger partial charge is 0.282 e. The van der Waals surface area contributed by atoms with Crippen molar-refractivity contribution in [3.8, 4) is 0 Å². The molecular weight excluding hydrogens is 222 g/mol. The van der Waals surface area contributed by atoms with Crippen molar-refractivity contribution in [3.63, 3.8) is 0 Å². The Morgan fingerprint density at radius 1 is 1.27 bits per heavy atom. The number of hydrogen-bond donors (Lipinski definition) is 1. The number of hydrogen-bond acceptors (Lipinski definition) is 4. The summed E-state index contributed by atoms with van der Waals surface area (Å²) in [4.78, 5) is 9.41. The molecule has 1 aromatic carbocycles. The second-order valence-electron chi connectivity index (χ2n) is 2.93. The van der Waals surface area contributed by atoms with Gasteiger partial charge in [-0.1, -0.05) is 12.1 Å². The molecule has 0 unspecified atom stereocenters. The molecule has 0 aliphatic rings. The predicted molar refractivity (Wildman–Crippen MR) is 51.8 cm³/mol. The summed E-state index contributed by atoms with van der Waals surface area (Å²) in [5.41, 5.74) is 0.652. The van der Waals surface area contributed by atoms with Gasteiger partial charge in [-0.15, -0.1) is 0 Å². The van der Waals surface area contributed by atoms with Gasteiger partial charge in [-0.25, -0.2) is 0 Å². The summed E-state index contributed by atoms with van der Waals surface area (Å²) in [6.45, 7) is -0.203. The summed E-state index contributed by atoms with van der Waals surface area (Å²) in [5.74, 6) is 0. The zero-order chi connectivity index (χ0) is 11.5. The van der Waals surface area contributed by atoms with Crippen LogP contribution in [-0.2, 0) is 16.5 Å². The van der Waals surface area contributed by atoms with Crippen molar-refractivity contribution in [1.82, 2.24) is 0 Å². The van der Waals surface area contributed by atoms with Gasteiger partial charge in [0.05, 0.1) is 4.90 Å². The van der Waals surface area contributed by atoms with Crippen molar-refractivity contribution in [2.75, 3.05) is 6.54 Å². The molecule has 0 amide bonds. The Labute approximate surface area is 86.4 Å². The fourth-order valence-corrected chi connectivity index (χ4v) is 1.53. The van der Waals surface area contributed by atoms with E-state index in [0.29, 0.717) is 5.56 Å². The molecule has 0 saturated carbocycles. The van der Waals surface area contributed by atoms with Crippen LogP contribution < -0.4 is 0 Å². The van der Waals surface area contributed by atoms with E-state index >= 15 is 0 Å². The fraction of sp³-hybridized carbons (Fsp3) is 0.250. The minimum Gasteiger partial charge on any atom is -0.282 e. The van der Waals surface area contributed by atoms with Gasteiger partial charge in [0.25, 0.3) is 10.1 Å². The fourth-order valence-electron chi connectivity index (χ4n) is 1.05. The van der Waals surface area contributed by atoms with Crippen molar-refractivity contribution in [1.29, 1.82) is 0 Å². The Bertz CT molecular complexity index is 450. The van der Waals surface area contributed by atoms with Crippen molar-refractivity contribution in [2.45, 2.75) is 11.3 Å². The highest BCUT2D eigenvalue weighted by molar-refractivity contribution is 7.85. The van der Waals surface area contributed by atoms with Gasteiger partial charge in [0.2, 0.25) is 6.54 Å². The summed E-state index contributed by atoms with van der Waals surface area (Å²) in [6.07, 6.45) is 0.235. The molecule has 1 aromatic rings. The van der Waals surface area contributed by atoms with Gasteiger partial charge in [0, 0.05) is 11.3 Å². The first-order chi connectivity index (χ1) is 6.89. The van der Waals surface area contributed by atoms with Gasteiger partial charge in [-0.3, -0.25) is 14.7 Å². The number of benzene rings is 1. The number of nitro groups is 1. The topological polar surface area (TPSA) is 97.5 Å². The maximum Gasteiger partial charge on any atom is 0.294 e. The monoisotopic (exact) mass is 231 g/mol. The third kappa shape index (κ3) is 3.64. The van der Waals surface area contributed by atoms with E-state index < -0.39 is 15.0 Å². The van der Waals surface area contributed by atoms with E-state index in [1.54, 1.807) is 0 Å². The SMILES string of the molecule is O=[N+]([O-])CCc1ccc(S(=O)(=O)O)cc1. The van der Waals surface area contributed by atoms with Crippen molar-refractivity contribution in [3.05, 3.63) is 39.9 Å². The summed E-state index contributed by atoms with van der Waals surface area (Å²) in [6, 6.07) is 5.30. The first kappa shape index (κ1) is 11.6. The Hall–Kier alpha value is -1.47. The quantitative estimate of drug-likeness (QED) is 0.468. The number of nitrogens with zero attached hydrogens (tertiary/aromatic N) is 1. The maximum atomic E-state index is 10.7. The molecule has 15 heavy (non-hydrogen) atoms. The highest BCUT2D eigenvalue weighted by Gasteiger charge is 2.08. The molecule has 0 atom stereocenters. The minimum absolute atomic E-state index is 0.203. The lowest BCUT2D eigenvalue weighted by atomic mass is 10.2. The molecule has 82 valence electrons. The third-order valence-corrected chi connectivity index (χ3v) is 2.67. The molecule has 6 nitrogen and oxygen atoms in total. The number of rotatable bonds is 4. The molecule has 0 saturated heterocycles. The molecule has 0 radical (unpaired) electrons. The molecule has 0 aliphatic heterocycles. The Kier molecular flexibility index (Phi) is 3.38. The van der Waals surface area contributed by atoms with Crippen LogP contribution in [0.15, 0.2) is 29.2 Å². The van der Waals surface area contributed by atoms with Crippen molar-refractivity contribution < 1.29 is 17.9 Å². The second-order valence-corrected chi connectivity index (χ2v) is 4.35. The van der Waals surface area contributed by atoms with Crippen molar-refractivity contribution >= 4 is 10.1 Å². The van der Waals surface area contributed by atoms with Crippen LogP contribution in [0.4, 0.5) is 0 Å². The average molecular weight is 231 g/mol. The van der Waals surface area contributed by atoms with E-state index in [1.807, 2.05) is 0 Å². The molecule has 0 heterocycles. The van der Waals surface area contributed by atoms with Crippen LogP contribution in [-0.4, -0.2) is 24.4 Å². The average Bonchev–Trinajstić information content (AvgIpc) is 2.14. The summed E-state index contributed by atoms with van der Waals surface area (Å²) >= 11 is 0. The zero-order valence-corrected chi connectivity index (χ0v) is 8.48. The summed E-state index contributed by atoms with van der Waals surface area (Å²) in [5, 5.41) is 10.1. The van der Waals surface area contributed by atoms with Crippen LogP contribution in [0.5, 0.6) is 0 Å². The second kappa shape index (κ2) is 4.37. The van der Waals surface area contributed by atoms with Gasteiger partial charge in [0.15, 0.2) is 0 Å². The van der Waals surface area contributed by atoms with E-state index in [9.17, 15) is 18.5 Å². The lowest BCUT2D eigenvalue weighted by Crippen LogP contribution is -2.04. The maximum absolute atomic E-state index is 10.7. The molecule has 0 fully saturated rings. The van der Waals surface area contributed by atoms with Crippen LogP contribution in [0.2, 0.25) is 0 Å². The zero-order valence-electron chi connectivity index (χ0n) is 7.66. The van der Waals surface area contributed by atoms with Crippen LogP contribution in [0, 0.1) is 10.1 Å². The molecule has 1 rings (SSSR count). The van der Waals surface area contributed by atoms with Gasteiger partial charge < -0.3 is 0 Å². The molecule has 0 aromatic heterocycles. The van der Waals surface area contributed by atoms with Crippen LogP contribution in [0.3, 0.4) is 0 Å². The van der Waals surface area contributed by atoms with E-state index in [1.165, 1.54) is 24.3 Å². The largest absolute Gasteiger partial charge is 0.294 e. The van der Waals surface area contributed by atoms with E-state index in [-0.39, 0.29) is 17.9 Å². The van der Waals surface area contributed by atoms with Crippen LogP contribution in [0.25, 0.3) is 0 Å². The van der Waals surface area contributed by atoms with E-state index in [0.717, 1.165) is 0 Å². The summed E-state index contributed by atoms with van der Waals surface area (Å²) in [7, 11) is -4.18. The Balaban J connectivity index is 2.77. The lowest BCUT2D eigenvalue weighted by molar-refractivity contribution is -0.479. The lowest BCUT2D eigenvalue weighted by Gasteiger charge is -1.99. The van der Waals surface area contributed by atoms with E-state index in [2.05, 4.69) is 0 Å². The van der Waals surface area contributed by atoms with Gasteiger partial charge in [0.1, 0.15) is 0 Å². The molecule has 1 N–H and O–H groups in total. The Morgan fingerprint density at radius 3 is 2.20 bits per heavy atom. The molecule has 0 bridgehead atoms. The first-order valence-electron chi connectivity index (χ1n) is 4.08. The minimum atomic E-state index is -4.18. The van der Waals surface area contributed by atoms with Crippen LogP contribution >= 0.6 is 0 Å². The normalized spacial score (nSPS) is 11.3. The highest BCUT2D eigenvalue weighted by atomic mass is 32.2. The molecule has 0 spiro atoms. The van der Waals surface area contributed by atoms with Crippen molar-refractivity contribution in [2.24, 2.45) is 0 Å². The van der Waals surface area contributed by atoms with E-state index in [4.69, 9.17) is 4.55 Å².